The van der Waals surface area contributed by atoms with E-state index in [-0.39, 0.29) is 5.54 Å². The lowest BCUT2D eigenvalue weighted by molar-refractivity contribution is -0.732. The van der Waals surface area contributed by atoms with Gasteiger partial charge in [0.05, 0.1) is 0 Å². The van der Waals surface area contributed by atoms with Crippen molar-refractivity contribution in [2.75, 3.05) is 0 Å². The van der Waals surface area contributed by atoms with Crippen molar-refractivity contribution in [3.8, 4) is 0 Å². The van der Waals surface area contributed by atoms with Crippen molar-refractivity contribution in [3.63, 3.8) is 0 Å². The van der Waals surface area contributed by atoms with Gasteiger partial charge in [-0.3, -0.25) is 0 Å². The first-order valence-corrected chi connectivity index (χ1v) is 5.16. The number of rotatable bonds is 1. The molecule has 1 aromatic heterocycles. The molecule has 1 fully saturated rings. The maximum atomic E-state index is 2.36. The summed E-state index contributed by atoms with van der Waals surface area (Å²) in [5.74, 6) is 0. The van der Waals surface area contributed by atoms with Crippen LogP contribution in [0.2, 0.25) is 0 Å². The second kappa shape index (κ2) is 2.86. The van der Waals surface area contributed by atoms with Crippen molar-refractivity contribution < 1.29 is 4.57 Å². The van der Waals surface area contributed by atoms with E-state index in [1.54, 1.807) is 0 Å². The van der Waals surface area contributed by atoms with Crippen LogP contribution in [-0.4, -0.2) is 4.57 Å². The second-order valence-corrected chi connectivity index (χ2v) is 5.02. The molecular weight excluding hydrogens is 160 g/mol. The lowest BCUT2D eigenvalue weighted by Crippen LogP contribution is -2.41. The summed E-state index contributed by atoms with van der Waals surface area (Å²) >= 11 is 0. The Morgan fingerprint density at radius 2 is 2.00 bits per heavy atom. The molecule has 2 nitrogen and oxygen atoms in total. The van der Waals surface area contributed by atoms with Crippen LogP contribution >= 0.6 is 0 Å². The molecule has 0 saturated heterocycles. The van der Waals surface area contributed by atoms with E-state index >= 15 is 0 Å². The molecule has 0 N–H and O–H groups in total. The van der Waals surface area contributed by atoms with Gasteiger partial charge in [0, 0.05) is 0 Å². The molecule has 1 heterocycles. The largest absolute Gasteiger partial charge is 0.244 e. The Balaban J connectivity index is 2.17. The van der Waals surface area contributed by atoms with Gasteiger partial charge in [0.15, 0.2) is 0 Å². The fourth-order valence-corrected chi connectivity index (χ4v) is 1.67. The van der Waals surface area contributed by atoms with E-state index in [9.17, 15) is 0 Å². The smallest absolute Gasteiger partial charge is 0.234 e. The van der Waals surface area contributed by atoms with Crippen LogP contribution in [0.4, 0.5) is 0 Å². The number of nitrogens with zero attached hydrogens (tertiary/aromatic N) is 2. The third-order valence-corrected chi connectivity index (χ3v) is 2.93. The standard InChI is InChI=1S/C11H19N2/c1-11(2,3)13-8-7-12(9-13)10-5-4-6-10/h7-10H,4-6H2,1-3H3/q+1. The molecule has 0 amide bonds. The predicted molar refractivity (Wildman–Crippen MR) is 52.5 cm³/mol. The van der Waals surface area contributed by atoms with E-state index in [0.29, 0.717) is 0 Å². The van der Waals surface area contributed by atoms with Crippen molar-refractivity contribution in [3.05, 3.63) is 18.7 Å². The van der Waals surface area contributed by atoms with Crippen LogP contribution in [0.25, 0.3) is 0 Å². The molecule has 1 aliphatic carbocycles. The molecule has 0 spiro atoms. The van der Waals surface area contributed by atoms with Crippen molar-refractivity contribution in [2.24, 2.45) is 0 Å². The second-order valence-electron chi connectivity index (χ2n) is 5.02. The van der Waals surface area contributed by atoms with E-state index in [2.05, 4.69) is 48.6 Å². The van der Waals surface area contributed by atoms with Gasteiger partial charge >= 0.3 is 0 Å². The zero-order valence-corrected chi connectivity index (χ0v) is 8.83. The molecule has 72 valence electrons. The van der Waals surface area contributed by atoms with Gasteiger partial charge in [-0.25, -0.2) is 9.13 Å². The van der Waals surface area contributed by atoms with E-state index in [1.165, 1.54) is 19.3 Å². The van der Waals surface area contributed by atoms with Crippen LogP contribution in [-0.2, 0) is 5.54 Å². The first kappa shape index (κ1) is 8.79. The minimum Gasteiger partial charge on any atom is -0.234 e. The quantitative estimate of drug-likeness (QED) is 0.585. The summed E-state index contributed by atoms with van der Waals surface area (Å²) in [7, 11) is 0. The maximum Gasteiger partial charge on any atom is 0.244 e. The van der Waals surface area contributed by atoms with Gasteiger partial charge in [-0.05, 0) is 40.0 Å². The summed E-state index contributed by atoms with van der Waals surface area (Å²) in [5, 5.41) is 0. The van der Waals surface area contributed by atoms with Gasteiger partial charge in [0.2, 0.25) is 6.33 Å². The molecule has 0 atom stereocenters. The van der Waals surface area contributed by atoms with Crippen molar-refractivity contribution >= 4 is 0 Å². The Morgan fingerprint density at radius 3 is 2.38 bits per heavy atom. The molecule has 2 heteroatoms. The normalized spacial score (nSPS) is 18.7. The van der Waals surface area contributed by atoms with Gasteiger partial charge in [-0.15, -0.1) is 0 Å². The van der Waals surface area contributed by atoms with Crippen LogP contribution in [0.5, 0.6) is 0 Å². The van der Waals surface area contributed by atoms with E-state index in [1.807, 2.05) is 0 Å². The first-order valence-electron chi connectivity index (χ1n) is 5.16. The fourth-order valence-electron chi connectivity index (χ4n) is 1.67. The van der Waals surface area contributed by atoms with Crippen molar-refractivity contribution in [2.45, 2.75) is 51.6 Å². The summed E-state index contributed by atoms with van der Waals surface area (Å²) < 4.78 is 4.64. The topological polar surface area (TPSA) is 8.81 Å². The first-order chi connectivity index (χ1) is 6.07. The van der Waals surface area contributed by atoms with E-state index in [4.69, 9.17) is 0 Å². The Labute approximate surface area is 80.2 Å². The summed E-state index contributed by atoms with van der Waals surface area (Å²) in [4.78, 5) is 0. The molecule has 0 unspecified atom stereocenters. The zero-order chi connectivity index (χ0) is 9.47. The van der Waals surface area contributed by atoms with Crippen LogP contribution in [0, 0.1) is 0 Å². The Bertz CT molecular complexity index is 289. The third kappa shape index (κ3) is 1.62. The molecule has 1 aliphatic rings. The number of imidazole rings is 1. The minimum atomic E-state index is 0.217. The summed E-state index contributed by atoms with van der Waals surface area (Å²) in [5.41, 5.74) is 0.217. The Hall–Kier alpha value is -0.790. The molecule has 13 heavy (non-hydrogen) atoms. The van der Waals surface area contributed by atoms with E-state index < -0.39 is 0 Å². The van der Waals surface area contributed by atoms with E-state index in [0.717, 1.165) is 6.04 Å². The predicted octanol–water partition coefficient (Wildman–Crippen LogP) is 2.26. The highest BCUT2D eigenvalue weighted by Gasteiger charge is 2.26. The monoisotopic (exact) mass is 179 g/mol. The molecular formula is C11H19N2+. The highest BCUT2D eigenvalue weighted by atomic mass is 15.2. The van der Waals surface area contributed by atoms with Gasteiger partial charge < -0.3 is 0 Å². The fraction of sp³-hybridized carbons (Fsp3) is 0.727. The van der Waals surface area contributed by atoms with Crippen molar-refractivity contribution in [1.82, 2.24) is 4.57 Å². The highest BCUT2D eigenvalue weighted by Crippen LogP contribution is 2.26. The Morgan fingerprint density at radius 1 is 1.31 bits per heavy atom. The lowest BCUT2D eigenvalue weighted by atomic mass is 9.93. The highest BCUT2D eigenvalue weighted by molar-refractivity contribution is 4.79. The molecule has 1 aromatic rings. The summed E-state index contributed by atoms with van der Waals surface area (Å²) in [6.45, 7) is 6.70. The van der Waals surface area contributed by atoms with Gasteiger partial charge in [-0.1, -0.05) is 0 Å². The minimum absolute atomic E-state index is 0.217. The average molecular weight is 179 g/mol. The zero-order valence-electron chi connectivity index (χ0n) is 8.83. The van der Waals surface area contributed by atoms with Gasteiger partial charge in [0.1, 0.15) is 24.0 Å². The summed E-state index contributed by atoms with van der Waals surface area (Å²) in [6, 6.07) is 0.781. The molecule has 0 aromatic carbocycles. The Kier molecular flexibility index (Phi) is 1.94. The van der Waals surface area contributed by atoms with Crippen molar-refractivity contribution in [1.29, 1.82) is 0 Å². The van der Waals surface area contributed by atoms with Crippen LogP contribution in [0.15, 0.2) is 18.7 Å². The molecule has 1 saturated carbocycles. The molecule has 2 rings (SSSR count). The number of aromatic nitrogens is 2. The lowest BCUT2D eigenvalue weighted by Gasteiger charge is -2.22. The molecule has 0 bridgehead atoms. The molecule has 0 radical (unpaired) electrons. The van der Waals surface area contributed by atoms with Gasteiger partial charge in [-0.2, -0.15) is 0 Å². The third-order valence-electron chi connectivity index (χ3n) is 2.93. The van der Waals surface area contributed by atoms with Crippen LogP contribution in [0.1, 0.15) is 46.1 Å². The molecule has 0 aliphatic heterocycles. The number of hydrogen-bond acceptors (Lipinski definition) is 0. The number of hydrogen-bond donors (Lipinski definition) is 0. The van der Waals surface area contributed by atoms with Crippen LogP contribution in [0.3, 0.4) is 0 Å². The summed E-state index contributed by atoms with van der Waals surface area (Å²) in [6.07, 6.45) is 10.7. The average Bonchev–Trinajstić information content (AvgIpc) is 2.29. The van der Waals surface area contributed by atoms with Crippen LogP contribution < -0.4 is 4.57 Å². The SMILES string of the molecule is CC(C)(C)n1cc[n+](C2CCC2)c1. The maximum absolute atomic E-state index is 2.36. The van der Waals surface area contributed by atoms with Gasteiger partial charge in [0.25, 0.3) is 0 Å².